The van der Waals surface area contributed by atoms with Crippen molar-refractivity contribution in [1.29, 1.82) is 0 Å². The molecule has 0 aliphatic heterocycles. The van der Waals surface area contributed by atoms with Crippen LogP contribution in [-0.2, 0) is 32.6 Å². The molecule has 0 aromatic heterocycles. The van der Waals surface area contributed by atoms with Gasteiger partial charge < -0.3 is 10.2 Å². The smallest absolute Gasteiger partial charge is 0.264 e. The summed E-state index contributed by atoms with van der Waals surface area (Å²) in [6.07, 6.45) is 0.136. The number of halogens is 4. The highest BCUT2D eigenvalue weighted by Gasteiger charge is 2.35. The molecule has 0 fully saturated rings. The number of nitrogens with one attached hydrogen (secondary N) is 1. The number of nitrogens with zero attached hydrogens (tertiary/aromatic N) is 2. The highest BCUT2D eigenvalue weighted by molar-refractivity contribution is 7.92. The average molecular weight is 693 g/mol. The molecule has 1 unspecified atom stereocenters. The second-order valence-electron chi connectivity index (χ2n) is 9.96. The third-order valence-electron chi connectivity index (χ3n) is 6.97. The van der Waals surface area contributed by atoms with Crippen molar-refractivity contribution in [3.8, 4) is 0 Å². The maximum absolute atomic E-state index is 14.4. The van der Waals surface area contributed by atoms with Gasteiger partial charge in [0.25, 0.3) is 10.0 Å². The quantitative estimate of drug-likeness (QED) is 0.180. The Morgan fingerprint density at radius 1 is 0.818 bits per heavy atom. The number of aryl methyl sites for hydroxylation is 1. The number of anilines is 1. The zero-order valence-electron chi connectivity index (χ0n) is 23.8. The van der Waals surface area contributed by atoms with Gasteiger partial charge in [0.1, 0.15) is 12.6 Å². The minimum Gasteiger partial charge on any atom is -0.357 e. The van der Waals surface area contributed by atoms with E-state index in [1.807, 2.05) is 37.3 Å². The first-order valence-electron chi connectivity index (χ1n) is 13.4. The summed E-state index contributed by atoms with van der Waals surface area (Å²) in [6, 6.07) is 23.6. The van der Waals surface area contributed by atoms with Crippen molar-refractivity contribution in [3.63, 3.8) is 0 Å². The summed E-state index contributed by atoms with van der Waals surface area (Å²) in [5, 5.41) is 3.48. The van der Waals surface area contributed by atoms with Crippen LogP contribution in [0, 0.1) is 6.92 Å². The number of carbonyl (C=O) groups excluding carboxylic acids is 2. The fourth-order valence-electron chi connectivity index (χ4n) is 4.60. The molecule has 1 N–H and O–H groups in total. The Bertz CT molecular complexity index is 1730. The summed E-state index contributed by atoms with van der Waals surface area (Å²) in [7, 11) is -2.88. The number of hydrogen-bond acceptors (Lipinski definition) is 4. The Kier molecular flexibility index (Phi) is 11.2. The van der Waals surface area contributed by atoms with Gasteiger partial charge in [-0.25, -0.2) is 8.42 Å². The molecular weight excluding hydrogens is 664 g/mol. The highest BCUT2D eigenvalue weighted by atomic mass is 35.5. The van der Waals surface area contributed by atoms with Crippen molar-refractivity contribution in [2.75, 3.05) is 17.9 Å². The van der Waals surface area contributed by atoms with Crippen LogP contribution in [0.5, 0.6) is 0 Å². The topological polar surface area (TPSA) is 86.8 Å². The number of hydrogen-bond donors (Lipinski definition) is 1. The van der Waals surface area contributed by atoms with Crippen LogP contribution < -0.4 is 9.62 Å². The van der Waals surface area contributed by atoms with E-state index in [4.69, 9.17) is 46.4 Å². The van der Waals surface area contributed by atoms with Gasteiger partial charge in [0.05, 0.1) is 15.6 Å². The fraction of sp³-hybridized carbons (Fsp3) is 0.188. The Labute approximate surface area is 277 Å². The number of amides is 2. The van der Waals surface area contributed by atoms with Crippen molar-refractivity contribution < 1.29 is 18.0 Å². The molecule has 44 heavy (non-hydrogen) atoms. The van der Waals surface area contributed by atoms with E-state index < -0.39 is 34.4 Å². The molecule has 0 saturated heterocycles. The van der Waals surface area contributed by atoms with E-state index in [1.54, 1.807) is 30.3 Å². The molecule has 0 radical (unpaired) electrons. The fourth-order valence-corrected chi connectivity index (χ4v) is 6.98. The second kappa shape index (κ2) is 14.7. The first-order chi connectivity index (χ1) is 20.9. The van der Waals surface area contributed by atoms with Crippen molar-refractivity contribution in [2.45, 2.75) is 30.8 Å². The van der Waals surface area contributed by atoms with Crippen LogP contribution in [0.3, 0.4) is 0 Å². The van der Waals surface area contributed by atoms with Crippen LogP contribution in [0.4, 0.5) is 5.69 Å². The van der Waals surface area contributed by atoms with Gasteiger partial charge in [-0.3, -0.25) is 13.9 Å². The summed E-state index contributed by atoms with van der Waals surface area (Å²) >= 11 is 25.8. The third-order valence-corrected chi connectivity index (χ3v) is 10.0. The van der Waals surface area contributed by atoms with Gasteiger partial charge in [-0.05, 0) is 55.0 Å². The van der Waals surface area contributed by atoms with Gasteiger partial charge in [0.15, 0.2) is 0 Å². The van der Waals surface area contributed by atoms with Crippen LogP contribution in [0.15, 0.2) is 95.9 Å². The van der Waals surface area contributed by atoms with Gasteiger partial charge in [0, 0.05) is 40.6 Å². The Morgan fingerprint density at radius 3 is 2.07 bits per heavy atom. The lowest BCUT2D eigenvalue weighted by Crippen LogP contribution is -2.53. The molecule has 0 heterocycles. The number of rotatable bonds is 11. The minimum atomic E-state index is -4.35. The molecule has 12 heteroatoms. The molecule has 4 aromatic carbocycles. The summed E-state index contributed by atoms with van der Waals surface area (Å²) in [4.78, 5) is 29.0. The van der Waals surface area contributed by atoms with E-state index in [0.717, 1.165) is 15.4 Å². The molecule has 7 nitrogen and oxygen atoms in total. The molecule has 1 atom stereocenters. The molecule has 4 aromatic rings. The molecule has 0 aliphatic carbocycles. The molecule has 230 valence electrons. The van der Waals surface area contributed by atoms with E-state index in [0.29, 0.717) is 5.56 Å². The molecule has 4 rings (SSSR count). The van der Waals surface area contributed by atoms with Gasteiger partial charge in [0.2, 0.25) is 11.8 Å². The predicted octanol–water partition coefficient (Wildman–Crippen LogP) is 7.19. The van der Waals surface area contributed by atoms with E-state index in [-0.39, 0.29) is 43.6 Å². The maximum Gasteiger partial charge on any atom is 0.264 e. The number of benzene rings is 4. The van der Waals surface area contributed by atoms with Crippen molar-refractivity contribution in [1.82, 2.24) is 10.2 Å². The SMILES string of the molecule is CNC(=O)C(Cc1ccccc1)N(Cc1c(Cl)cccc1Cl)C(=O)CN(c1cc(Cl)ccc1Cl)S(=O)(=O)c1ccc(C)cc1. The van der Waals surface area contributed by atoms with Crippen LogP contribution in [-0.4, -0.2) is 44.8 Å². The molecule has 2 amide bonds. The highest BCUT2D eigenvalue weighted by Crippen LogP contribution is 2.34. The second-order valence-corrected chi connectivity index (χ2v) is 13.5. The zero-order chi connectivity index (χ0) is 32.0. The van der Waals surface area contributed by atoms with E-state index in [1.165, 1.54) is 42.3 Å². The van der Waals surface area contributed by atoms with Gasteiger partial charge >= 0.3 is 0 Å². The van der Waals surface area contributed by atoms with E-state index in [2.05, 4.69) is 5.32 Å². The summed E-state index contributed by atoms with van der Waals surface area (Å²) in [5.41, 5.74) is 2.04. The van der Waals surface area contributed by atoms with E-state index in [9.17, 15) is 18.0 Å². The predicted molar refractivity (Wildman–Crippen MR) is 177 cm³/mol. The Morgan fingerprint density at radius 2 is 1.45 bits per heavy atom. The monoisotopic (exact) mass is 691 g/mol. The third kappa shape index (κ3) is 7.86. The number of likely N-dealkylation sites (N-methyl/N-ethyl adjacent to an activating group) is 1. The maximum atomic E-state index is 14.4. The lowest BCUT2D eigenvalue weighted by Gasteiger charge is -2.34. The van der Waals surface area contributed by atoms with Crippen LogP contribution in [0.25, 0.3) is 0 Å². The van der Waals surface area contributed by atoms with Gasteiger partial charge in [-0.2, -0.15) is 0 Å². The lowest BCUT2D eigenvalue weighted by atomic mass is 10.0. The number of carbonyl (C=O) groups is 2. The molecular formula is C32H29Cl4N3O4S. The lowest BCUT2D eigenvalue weighted by molar-refractivity contribution is -0.139. The molecule has 0 spiro atoms. The first kappa shape index (κ1) is 33.6. The van der Waals surface area contributed by atoms with Crippen LogP contribution in [0.1, 0.15) is 16.7 Å². The van der Waals surface area contributed by atoms with E-state index >= 15 is 0 Å². The number of sulfonamides is 1. The normalized spacial score (nSPS) is 12.0. The van der Waals surface area contributed by atoms with Gasteiger partial charge in [-0.1, -0.05) is 100 Å². The minimum absolute atomic E-state index is 0.00312. The standard InChI is InChI=1S/C32H29Cl4N3O4S/c1-21-11-14-24(15-12-21)44(42,43)39(29-18-23(33)13-16-28(29)36)20-31(40)38(19-25-26(34)9-6-10-27(25)35)30(32(41)37-2)17-22-7-4-3-5-8-22/h3-16,18,30H,17,19-20H2,1-2H3,(H,37,41). The Hall–Kier alpha value is -3.27. The van der Waals surface area contributed by atoms with Crippen molar-refractivity contribution in [2.24, 2.45) is 0 Å². The Balaban J connectivity index is 1.85. The molecule has 0 bridgehead atoms. The zero-order valence-corrected chi connectivity index (χ0v) is 27.6. The van der Waals surface area contributed by atoms with Crippen LogP contribution in [0.2, 0.25) is 20.1 Å². The van der Waals surface area contributed by atoms with Crippen molar-refractivity contribution >= 4 is 73.9 Å². The average Bonchev–Trinajstić information content (AvgIpc) is 3.00. The van der Waals surface area contributed by atoms with Gasteiger partial charge in [-0.15, -0.1) is 0 Å². The summed E-state index contributed by atoms with van der Waals surface area (Å²) in [5.74, 6) is -1.16. The molecule has 0 saturated carbocycles. The largest absolute Gasteiger partial charge is 0.357 e. The van der Waals surface area contributed by atoms with Crippen LogP contribution >= 0.6 is 46.4 Å². The van der Waals surface area contributed by atoms with Crippen molar-refractivity contribution in [3.05, 3.63) is 128 Å². The summed E-state index contributed by atoms with van der Waals surface area (Å²) in [6.45, 7) is 0.944. The first-order valence-corrected chi connectivity index (χ1v) is 16.4. The molecule has 0 aliphatic rings. The summed E-state index contributed by atoms with van der Waals surface area (Å²) < 4.78 is 29.1.